The lowest BCUT2D eigenvalue weighted by Gasteiger charge is -2.32. The summed E-state index contributed by atoms with van der Waals surface area (Å²) in [5.41, 5.74) is 0.894. The van der Waals surface area contributed by atoms with E-state index in [0.717, 1.165) is 37.9 Å². The zero-order valence-electron chi connectivity index (χ0n) is 17.2. The van der Waals surface area contributed by atoms with Crippen LogP contribution in [0.15, 0.2) is 33.8 Å². The van der Waals surface area contributed by atoms with Crippen LogP contribution in [0.4, 0.5) is 0 Å². The molecule has 0 spiro atoms. The Hall–Kier alpha value is -1.39. The van der Waals surface area contributed by atoms with E-state index in [1.165, 1.54) is 0 Å². The van der Waals surface area contributed by atoms with Crippen LogP contribution in [0.2, 0.25) is 5.02 Å². The van der Waals surface area contributed by atoms with Crippen LogP contribution in [0.25, 0.3) is 11.4 Å². The topological polar surface area (TPSA) is 95.6 Å². The molecule has 9 heteroatoms. The van der Waals surface area contributed by atoms with Crippen molar-refractivity contribution in [3.8, 4) is 11.4 Å². The maximum Gasteiger partial charge on any atom is 0.248 e. The van der Waals surface area contributed by atoms with E-state index in [-0.39, 0.29) is 42.5 Å². The summed E-state index contributed by atoms with van der Waals surface area (Å²) in [4.78, 5) is 8.95. The van der Waals surface area contributed by atoms with Gasteiger partial charge < -0.3 is 20.3 Å². The van der Waals surface area contributed by atoms with Gasteiger partial charge in [0.05, 0.1) is 0 Å². The first-order chi connectivity index (χ1) is 13.6. The van der Waals surface area contributed by atoms with E-state index in [4.69, 9.17) is 16.1 Å². The van der Waals surface area contributed by atoms with Crippen molar-refractivity contribution in [1.29, 1.82) is 0 Å². The Bertz CT molecular complexity index is 748. The molecule has 0 aliphatic rings. The highest BCUT2D eigenvalue weighted by Gasteiger charge is 2.25. The maximum absolute atomic E-state index is 9.39. The predicted octanol–water partition coefficient (Wildman–Crippen LogP) is 4.25. The number of guanidine groups is 1. The highest BCUT2D eigenvalue weighted by molar-refractivity contribution is 14.0. The second-order valence-corrected chi connectivity index (χ2v) is 7.18. The molecule has 3 N–H and O–H groups in total. The molecule has 1 heterocycles. The quantitative estimate of drug-likeness (QED) is 0.239. The van der Waals surface area contributed by atoms with Gasteiger partial charge in [0.25, 0.3) is 0 Å². The lowest BCUT2D eigenvalue weighted by atomic mass is 9.79. The Morgan fingerprint density at radius 2 is 1.86 bits per heavy atom. The maximum atomic E-state index is 9.39. The summed E-state index contributed by atoms with van der Waals surface area (Å²) < 4.78 is 5.31. The number of aromatic nitrogens is 2. The highest BCUT2D eigenvalue weighted by Crippen LogP contribution is 2.29. The van der Waals surface area contributed by atoms with Gasteiger partial charge in [-0.25, -0.2) is 4.99 Å². The largest absolute Gasteiger partial charge is 0.396 e. The Labute approximate surface area is 194 Å². The Kier molecular flexibility index (Phi) is 11.5. The van der Waals surface area contributed by atoms with Crippen molar-refractivity contribution in [3.05, 3.63) is 35.2 Å². The molecule has 0 saturated heterocycles. The fourth-order valence-corrected chi connectivity index (χ4v) is 3.10. The summed E-state index contributed by atoms with van der Waals surface area (Å²) in [6.07, 6.45) is 2.75. The first kappa shape index (κ1) is 25.6. The van der Waals surface area contributed by atoms with Gasteiger partial charge in [0.1, 0.15) is 6.54 Å². The smallest absolute Gasteiger partial charge is 0.248 e. The molecule has 2 aromatic rings. The lowest BCUT2D eigenvalue weighted by molar-refractivity contribution is 0.169. The third kappa shape index (κ3) is 7.75. The van der Waals surface area contributed by atoms with Gasteiger partial charge in [0.2, 0.25) is 11.7 Å². The number of nitrogens with zero attached hydrogens (tertiary/aromatic N) is 3. The summed E-state index contributed by atoms with van der Waals surface area (Å²) in [5.74, 6) is 1.64. The molecule has 0 aliphatic carbocycles. The molecule has 0 bridgehead atoms. The molecule has 0 atom stereocenters. The molecule has 0 amide bonds. The van der Waals surface area contributed by atoms with Gasteiger partial charge >= 0.3 is 0 Å². The van der Waals surface area contributed by atoms with Gasteiger partial charge in [-0.15, -0.1) is 24.0 Å². The van der Waals surface area contributed by atoms with Crippen LogP contribution in [0.1, 0.15) is 45.9 Å². The summed E-state index contributed by atoms with van der Waals surface area (Å²) in [6, 6.07) is 7.28. The van der Waals surface area contributed by atoms with E-state index >= 15 is 0 Å². The van der Waals surface area contributed by atoms with Gasteiger partial charge in [-0.05, 0) is 55.9 Å². The van der Waals surface area contributed by atoms with Gasteiger partial charge in [-0.3, -0.25) is 0 Å². The van der Waals surface area contributed by atoms with Crippen LogP contribution in [0.3, 0.4) is 0 Å². The first-order valence-corrected chi connectivity index (χ1v) is 10.1. The summed E-state index contributed by atoms with van der Waals surface area (Å²) in [7, 11) is 0. The molecule has 0 fully saturated rings. The third-order valence-corrected chi connectivity index (χ3v) is 5.31. The fraction of sp³-hybridized carbons (Fsp3) is 0.550. The van der Waals surface area contributed by atoms with Gasteiger partial charge in [-0.2, -0.15) is 4.98 Å². The molecule has 0 unspecified atom stereocenters. The zero-order valence-corrected chi connectivity index (χ0v) is 20.3. The zero-order chi connectivity index (χ0) is 20.4. The number of aliphatic hydroxyl groups excluding tert-OH is 1. The van der Waals surface area contributed by atoms with Gasteiger partial charge in [0, 0.05) is 30.3 Å². The van der Waals surface area contributed by atoms with Crippen molar-refractivity contribution in [3.63, 3.8) is 0 Å². The third-order valence-electron chi connectivity index (χ3n) is 5.06. The minimum Gasteiger partial charge on any atom is -0.396 e. The molecular formula is C20H31ClIN5O2. The SMILES string of the molecule is CCNC(=NCc1nc(-c2ccc(Cl)cc2)no1)NCC(CC)(CC)CCO.I. The van der Waals surface area contributed by atoms with Crippen molar-refractivity contribution in [2.75, 3.05) is 19.7 Å². The molecule has 0 aliphatic heterocycles. The highest BCUT2D eigenvalue weighted by atomic mass is 127. The minimum absolute atomic E-state index is 0. The number of rotatable bonds is 10. The van der Waals surface area contributed by atoms with Crippen LogP contribution < -0.4 is 10.6 Å². The number of nitrogens with one attached hydrogen (secondary N) is 2. The Morgan fingerprint density at radius 3 is 2.45 bits per heavy atom. The monoisotopic (exact) mass is 535 g/mol. The lowest BCUT2D eigenvalue weighted by Crippen LogP contribution is -2.43. The number of aliphatic imine (C=N–C) groups is 1. The van der Waals surface area contributed by atoms with Crippen LogP contribution in [0.5, 0.6) is 0 Å². The number of halogens is 2. The van der Waals surface area contributed by atoms with Gasteiger partial charge in [0.15, 0.2) is 5.96 Å². The molecule has 1 aromatic heterocycles. The van der Waals surface area contributed by atoms with Crippen molar-refractivity contribution < 1.29 is 9.63 Å². The molecule has 0 saturated carbocycles. The fourth-order valence-electron chi connectivity index (χ4n) is 2.97. The average molecular weight is 536 g/mol. The van der Waals surface area contributed by atoms with Crippen LogP contribution in [0, 0.1) is 5.41 Å². The first-order valence-electron chi connectivity index (χ1n) is 9.77. The van der Waals surface area contributed by atoms with Crippen LogP contribution in [-0.2, 0) is 6.54 Å². The van der Waals surface area contributed by atoms with E-state index in [9.17, 15) is 5.11 Å². The molecule has 7 nitrogen and oxygen atoms in total. The number of aliphatic hydroxyl groups is 1. The van der Waals surface area contributed by atoms with Crippen LogP contribution >= 0.6 is 35.6 Å². The van der Waals surface area contributed by atoms with E-state index in [1.54, 1.807) is 12.1 Å². The molecule has 1 aromatic carbocycles. The number of benzene rings is 1. The molecule has 162 valence electrons. The van der Waals surface area contributed by atoms with Crippen molar-refractivity contribution in [2.45, 2.75) is 46.6 Å². The second kappa shape index (κ2) is 13.0. The van der Waals surface area contributed by atoms with E-state index in [0.29, 0.717) is 22.7 Å². The summed E-state index contributed by atoms with van der Waals surface area (Å²) >= 11 is 5.91. The second-order valence-electron chi connectivity index (χ2n) is 6.75. The molecule has 0 radical (unpaired) electrons. The standard InChI is InChI=1S/C20H30ClN5O2.HI/c1-4-20(5-2,11-12-27)14-24-19(22-6-3)23-13-17-25-18(26-28-17)15-7-9-16(21)10-8-15;/h7-10,27H,4-6,11-14H2,1-3H3,(H2,22,23,24);1H. The molecule has 29 heavy (non-hydrogen) atoms. The Morgan fingerprint density at radius 1 is 1.17 bits per heavy atom. The van der Waals surface area contributed by atoms with Crippen molar-refractivity contribution in [2.24, 2.45) is 10.4 Å². The molecule has 2 rings (SSSR count). The van der Waals surface area contributed by atoms with E-state index < -0.39 is 0 Å². The van der Waals surface area contributed by atoms with E-state index in [1.807, 2.05) is 19.1 Å². The van der Waals surface area contributed by atoms with Gasteiger partial charge in [-0.1, -0.05) is 30.6 Å². The van der Waals surface area contributed by atoms with E-state index in [2.05, 4.69) is 39.6 Å². The Balaban J connectivity index is 0.00000420. The van der Waals surface area contributed by atoms with Crippen LogP contribution in [-0.4, -0.2) is 40.9 Å². The normalized spacial score (nSPS) is 11.8. The molecular weight excluding hydrogens is 505 g/mol. The number of hydrogen-bond acceptors (Lipinski definition) is 5. The average Bonchev–Trinajstić information content (AvgIpc) is 3.18. The summed E-state index contributed by atoms with van der Waals surface area (Å²) in [5, 5.41) is 20.7. The van der Waals surface area contributed by atoms with Crippen molar-refractivity contribution in [1.82, 2.24) is 20.8 Å². The minimum atomic E-state index is 0. The summed E-state index contributed by atoms with van der Waals surface area (Å²) in [6.45, 7) is 8.28. The number of hydrogen-bond donors (Lipinski definition) is 3. The van der Waals surface area contributed by atoms with Crippen molar-refractivity contribution >= 4 is 41.5 Å². The predicted molar refractivity (Wildman–Crippen MR) is 128 cm³/mol.